The van der Waals surface area contributed by atoms with Crippen LogP contribution in [-0.2, 0) is 4.79 Å². The Morgan fingerprint density at radius 2 is 1.93 bits per heavy atom. The van der Waals surface area contributed by atoms with E-state index >= 15 is 0 Å². The van der Waals surface area contributed by atoms with Crippen LogP contribution in [0.25, 0.3) is 11.3 Å². The first-order valence-corrected chi connectivity index (χ1v) is 8.12. The van der Waals surface area contributed by atoms with Crippen molar-refractivity contribution in [3.63, 3.8) is 0 Å². The van der Waals surface area contributed by atoms with Gasteiger partial charge >= 0.3 is 6.18 Å². The van der Waals surface area contributed by atoms with E-state index in [-0.39, 0.29) is 17.1 Å². The van der Waals surface area contributed by atoms with E-state index in [1.807, 2.05) is 0 Å². The molecule has 3 rings (SSSR count). The molecule has 156 valence electrons. The summed E-state index contributed by atoms with van der Waals surface area (Å²) >= 11 is 0. The third-order valence-electron chi connectivity index (χ3n) is 3.96. The van der Waals surface area contributed by atoms with Gasteiger partial charge in [0, 0.05) is 18.2 Å². The van der Waals surface area contributed by atoms with Crippen LogP contribution < -0.4 is 15.6 Å². The highest BCUT2D eigenvalue weighted by Gasteiger charge is 2.61. The monoisotopic (exact) mass is 421 g/mol. The normalized spacial score (nSPS) is 18.7. The van der Waals surface area contributed by atoms with Crippen LogP contribution in [0.1, 0.15) is 13.3 Å². The summed E-state index contributed by atoms with van der Waals surface area (Å²) in [6.07, 6.45) is -4.09. The molecule has 1 saturated carbocycles. The summed E-state index contributed by atoms with van der Waals surface area (Å²) in [4.78, 5) is 22.8. The van der Waals surface area contributed by atoms with Gasteiger partial charge in [0.2, 0.25) is 5.91 Å². The average molecular weight is 421 g/mol. The predicted molar refractivity (Wildman–Crippen MR) is 86.2 cm³/mol. The number of amides is 1. The number of hydrogen-bond donors (Lipinski definition) is 2. The minimum atomic E-state index is -4.67. The third kappa shape index (κ3) is 4.84. The van der Waals surface area contributed by atoms with Gasteiger partial charge in [0.25, 0.3) is 11.8 Å². The van der Waals surface area contributed by atoms with E-state index in [1.165, 1.54) is 0 Å². The van der Waals surface area contributed by atoms with Gasteiger partial charge in [-0.3, -0.25) is 20.6 Å². The number of alkyl halides is 5. The van der Waals surface area contributed by atoms with Crippen molar-refractivity contribution in [2.75, 3.05) is 5.43 Å². The smallest absolute Gasteiger partial charge is 0.425 e. The molecule has 0 radical (unpaired) electrons. The summed E-state index contributed by atoms with van der Waals surface area (Å²) in [5.41, 5.74) is 4.62. The highest BCUT2D eigenvalue weighted by molar-refractivity contribution is 5.83. The van der Waals surface area contributed by atoms with Gasteiger partial charge in [0.05, 0.1) is 18.1 Å². The molecule has 0 spiro atoms. The molecule has 1 aliphatic rings. The van der Waals surface area contributed by atoms with E-state index in [4.69, 9.17) is 0 Å². The van der Waals surface area contributed by atoms with Gasteiger partial charge in [-0.25, -0.2) is 23.1 Å². The summed E-state index contributed by atoms with van der Waals surface area (Å²) in [5, 5.41) is 0. The molecule has 0 aliphatic heterocycles. The number of carbonyl (C=O) groups excluding carboxylic acids is 1. The number of hydrazine groups is 1. The quantitative estimate of drug-likeness (QED) is 0.551. The zero-order chi connectivity index (χ0) is 21.4. The number of anilines is 1. The highest BCUT2D eigenvalue weighted by atomic mass is 19.4. The Morgan fingerprint density at radius 1 is 1.24 bits per heavy atom. The molecule has 0 bridgehead atoms. The molecule has 29 heavy (non-hydrogen) atoms. The van der Waals surface area contributed by atoms with Crippen LogP contribution in [0.5, 0.6) is 5.88 Å². The first kappa shape index (κ1) is 20.6. The van der Waals surface area contributed by atoms with Crippen molar-refractivity contribution in [3.8, 4) is 17.1 Å². The van der Waals surface area contributed by atoms with Gasteiger partial charge in [0.1, 0.15) is 5.92 Å². The summed E-state index contributed by atoms with van der Waals surface area (Å²) < 4.78 is 81.5. The molecule has 1 aliphatic carbocycles. The number of hydrogen-bond acceptors (Lipinski definition) is 6. The second-order valence-corrected chi connectivity index (χ2v) is 6.23. The van der Waals surface area contributed by atoms with Gasteiger partial charge < -0.3 is 4.74 Å². The van der Waals surface area contributed by atoms with E-state index in [9.17, 15) is 31.1 Å². The second-order valence-electron chi connectivity index (χ2n) is 6.23. The topological polar surface area (TPSA) is 89.0 Å². The minimum absolute atomic E-state index is 0.0263. The maximum absolute atomic E-state index is 14.0. The number of halogens is 6. The molecule has 2 aromatic heterocycles. The van der Waals surface area contributed by atoms with E-state index in [2.05, 4.69) is 30.5 Å². The zero-order valence-electron chi connectivity index (χ0n) is 14.6. The van der Waals surface area contributed by atoms with E-state index in [0.717, 1.165) is 31.6 Å². The molecule has 1 fully saturated rings. The Labute approximate surface area is 159 Å². The van der Waals surface area contributed by atoms with Crippen molar-refractivity contribution in [1.29, 1.82) is 0 Å². The van der Waals surface area contributed by atoms with Gasteiger partial charge in [-0.15, -0.1) is 0 Å². The van der Waals surface area contributed by atoms with Gasteiger partial charge in [0.15, 0.2) is 17.7 Å². The number of carbonyl (C=O) groups is 1. The van der Waals surface area contributed by atoms with Crippen molar-refractivity contribution in [2.45, 2.75) is 31.5 Å². The number of nitrogens with zero attached hydrogens (tertiary/aromatic N) is 3. The molecule has 2 heterocycles. The van der Waals surface area contributed by atoms with Crippen LogP contribution in [0.2, 0.25) is 0 Å². The van der Waals surface area contributed by atoms with E-state index in [1.54, 1.807) is 0 Å². The Bertz CT molecular complexity index is 906. The number of pyridine rings is 1. The zero-order valence-corrected chi connectivity index (χ0v) is 14.6. The predicted octanol–water partition coefficient (Wildman–Crippen LogP) is 3.11. The molecular formula is C16H13F6N5O2. The van der Waals surface area contributed by atoms with Gasteiger partial charge in [-0.05, 0) is 13.0 Å². The summed E-state index contributed by atoms with van der Waals surface area (Å²) in [5.74, 6) is -7.21. The largest absolute Gasteiger partial charge is 0.463 e. The summed E-state index contributed by atoms with van der Waals surface area (Å²) in [6, 6.07) is 0.874. The molecule has 0 saturated heterocycles. The Morgan fingerprint density at radius 3 is 2.45 bits per heavy atom. The summed E-state index contributed by atoms with van der Waals surface area (Å²) in [7, 11) is 0. The molecule has 1 amide bonds. The lowest BCUT2D eigenvalue weighted by molar-refractivity contribution is -0.190. The molecule has 2 unspecified atom stereocenters. The van der Waals surface area contributed by atoms with Crippen LogP contribution in [0.3, 0.4) is 0 Å². The van der Waals surface area contributed by atoms with Crippen molar-refractivity contribution in [1.82, 2.24) is 20.4 Å². The SMILES string of the molecule is CC(Oc1ncc(-c2cnc(NNC(=O)C3CC3(F)F)cn2)cc1F)C(F)(F)F. The lowest BCUT2D eigenvalue weighted by Gasteiger charge is -2.17. The summed E-state index contributed by atoms with van der Waals surface area (Å²) in [6.45, 7) is 0.718. The lowest BCUT2D eigenvalue weighted by Crippen LogP contribution is -2.32. The van der Waals surface area contributed by atoms with Gasteiger partial charge in [-0.1, -0.05) is 0 Å². The molecule has 2 aromatic rings. The van der Waals surface area contributed by atoms with E-state index < -0.39 is 48.1 Å². The average Bonchev–Trinajstić information content (AvgIpc) is 3.29. The van der Waals surface area contributed by atoms with Crippen molar-refractivity contribution in [3.05, 3.63) is 30.5 Å². The molecule has 13 heteroatoms. The van der Waals surface area contributed by atoms with Crippen LogP contribution in [0.4, 0.5) is 32.2 Å². The fourth-order valence-corrected chi connectivity index (χ4v) is 2.14. The number of aromatic nitrogens is 3. The molecule has 2 N–H and O–H groups in total. The Hall–Kier alpha value is -3.12. The number of rotatable bonds is 6. The molecular weight excluding hydrogens is 408 g/mol. The first-order chi connectivity index (χ1) is 13.5. The van der Waals surface area contributed by atoms with Crippen LogP contribution in [0, 0.1) is 11.7 Å². The minimum Gasteiger partial charge on any atom is -0.463 e. The van der Waals surface area contributed by atoms with Crippen LogP contribution in [-0.4, -0.2) is 39.1 Å². The maximum Gasteiger partial charge on any atom is 0.425 e. The molecule has 2 atom stereocenters. The van der Waals surface area contributed by atoms with Gasteiger partial charge in [-0.2, -0.15) is 13.2 Å². The number of ether oxygens (including phenoxy) is 1. The van der Waals surface area contributed by atoms with E-state index in [0.29, 0.717) is 0 Å². The lowest BCUT2D eigenvalue weighted by atomic mass is 10.2. The Kier molecular flexibility index (Phi) is 5.24. The second kappa shape index (κ2) is 7.37. The van der Waals surface area contributed by atoms with Crippen LogP contribution in [0.15, 0.2) is 24.7 Å². The number of nitrogens with one attached hydrogen (secondary N) is 2. The Balaban J connectivity index is 1.62. The standard InChI is InChI=1S/C16H13F6N5O2/c1-7(16(20,21)22)29-14-10(17)2-8(4-25-14)11-5-24-12(6-23-11)26-27-13(28)9-3-15(9,18)19/h2,4-7,9H,3H2,1H3,(H,24,26)(H,27,28). The maximum atomic E-state index is 14.0. The highest BCUT2D eigenvalue weighted by Crippen LogP contribution is 2.48. The first-order valence-electron chi connectivity index (χ1n) is 8.12. The van der Waals surface area contributed by atoms with Crippen molar-refractivity contribution < 1.29 is 35.9 Å². The molecule has 7 nitrogen and oxygen atoms in total. The third-order valence-corrected chi connectivity index (χ3v) is 3.96. The fourth-order valence-electron chi connectivity index (χ4n) is 2.14. The molecule has 0 aromatic carbocycles. The van der Waals surface area contributed by atoms with Crippen molar-refractivity contribution >= 4 is 11.7 Å². The fraction of sp³-hybridized carbons (Fsp3) is 0.375. The van der Waals surface area contributed by atoms with Crippen LogP contribution >= 0.6 is 0 Å². The van der Waals surface area contributed by atoms with Crippen molar-refractivity contribution in [2.24, 2.45) is 5.92 Å².